The number of hydrogen-bond donors (Lipinski definition) is 0. The topological polar surface area (TPSA) is 0 Å². The molecule has 0 aromatic rings. The molecule has 2 aliphatic heterocycles. The summed E-state index contributed by atoms with van der Waals surface area (Å²) in [6, 6.07) is 9.48. The average molecular weight is 662 g/mol. The summed E-state index contributed by atoms with van der Waals surface area (Å²) in [5, 5.41) is 3.63. The van der Waals surface area contributed by atoms with Crippen molar-refractivity contribution in [3.63, 3.8) is 0 Å². The Hall–Kier alpha value is 0.844. The molecule has 0 nitrogen and oxygen atoms in total. The average Bonchev–Trinajstić information content (AvgIpc) is 3.23. The molecule has 0 spiro atoms. The van der Waals surface area contributed by atoms with Crippen molar-refractivity contribution in [2.75, 3.05) is 0 Å². The predicted molar refractivity (Wildman–Crippen MR) is 132 cm³/mol. The quantitative estimate of drug-likeness (QED) is 0.351. The fourth-order valence-corrected chi connectivity index (χ4v) is 15.0. The Morgan fingerprint density at radius 2 is 1.03 bits per heavy atom. The first-order valence-corrected chi connectivity index (χ1v) is 17.5. The van der Waals surface area contributed by atoms with Gasteiger partial charge < -0.3 is 24.8 Å². The fraction of sp³-hybridized carbons (Fsp3) is 0.692. The second kappa shape index (κ2) is 15.0. The smallest absolute Gasteiger partial charge is 0.0862 e. The van der Waals surface area contributed by atoms with Crippen molar-refractivity contribution in [2.45, 2.75) is 115 Å². The first kappa shape index (κ1) is 31.8. The molecule has 0 radical (unpaired) electrons. The van der Waals surface area contributed by atoms with Gasteiger partial charge >= 0.3 is 0 Å². The van der Waals surface area contributed by atoms with Crippen LogP contribution in [0.15, 0.2) is 45.8 Å². The van der Waals surface area contributed by atoms with Crippen molar-refractivity contribution in [3.05, 3.63) is 45.8 Å². The van der Waals surface area contributed by atoms with Crippen LogP contribution in [0.25, 0.3) is 0 Å². The molecule has 0 N–H and O–H groups in total. The Labute approximate surface area is 226 Å². The van der Waals surface area contributed by atoms with Gasteiger partial charge in [-0.15, -0.1) is 0 Å². The van der Waals surface area contributed by atoms with Crippen LogP contribution < -0.4 is 24.8 Å². The van der Waals surface area contributed by atoms with Crippen molar-refractivity contribution in [2.24, 2.45) is 0 Å². The van der Waals surface area contributed by atoms with E-state index in [9.17, 15) is 0 Å². The summed E-state index contributed by atoms with van der Waals surface area (Å²) in [4.78, 5) is 0. The van der Waals surface area contributed by atoms with Crippen LogP contribution in [0, 0.1) is 0 Å². The monoisotopic (exact) mass is 662 g/mol. The molecule has 4 aliphatic rings. The molecule has 0 saturated carbocycles. The van der Waals surface area contributed by atoms with Gasteiger partial charge in [0, 0.05) is 25.8 Å². The van der Waals surface area contributed by atoms with Crippen LogP contribution in [0.3, 0.4) is 0 Å². The standard InChI is InChI=1S/2C13H22Si.2ClH.Hf/c2*1-3-4-8-14(9-5-10-14)13-7-6-12(2)11-13;;;/h2*7,11H,3-6,8-10H2,1-2H3;2*1H;/p-2. The van der Waals surface area contributed by atoms with Crippen LogP contribution in [0.4, 0.5) is 0 Å². The third kappa shape index (κ3) is 7.94. The van der Waals surface area contributed by atoms with Gasteiger partial charge in [0.05, 0.1) is 16.1 Å². The van der Waals surface area contributed by atoms with E-state index in [2.05, 4.69) is 52.0 Å². The summed E-state index contributed by atoms with van der Waals surface area (Å²) in [7, 11) is -1.78. The van der Waals surface area contributed by atoms with Gasteiger partial charge in [-0.25, -0.2) is 0 Å². The Balaban J connectivity index is 0.000000529. The maximum atomic E-state index is 2.54. The van der Waals surface area contributed by atoms with Crippen LogP contribution in [0.2, 0.25) is 36.3 Å². The van der Waals surface area contributed by atoms with Crippen LogP contribution >= 0.6 is 0 Å². The molecular weight excluding hydrogens is 618 g/mol. The zero-order valence-corrected chi connectivity index (χ0v) is 27.6. The van der Waals surface area contributed by atoms with Gasteiger partial charge in [0.25, 0.3) is 0 Å². The SMILES string of the molecule is CCCC[Si]1(C2=CCC(C)=C2)CCC1.CCCC[Si]1(C2=CCC(C)=C2)CCC1.[Cl-].[Cl-].[Hf]. The normalized spacial score (nSPS) is 21.8. The Morgan fingerprint density at radius 3 is 1.23 bits per heavy atom. The van der Waals surface area contributed by atoms with Gasteiger partial charge in [0.1, 0.15) is 0 Å². The van der Waals surface area contributed by atoms with Gasteiger partial charge in [-0.05, 0) is 26.7 Å². The molecule has 176 valence electrons. The summed E-state index contributed by atoms with van der Waals surface area (Å²) in [6.07, 6.45) is 21.3. The van der Waals surface area contributed by atoms with Crippen molar-refractivity contribution in [1.82, 2.24) is 0 Å². The first-order chi connectivity index (χ1) is 13.5. The van der Waals surface area contributed by atoms with E-state index in [0.717, 1.165) is 0 Å². The number of rotatable bonds is 8. The molecule has 2 heterocycles. The van der Waals surface area contributed by atoms with E-state index in [0.29, 0.717) is 0 Å². The molecule has 2 fully saturated rings. The predicted octanol–water partition coefficient (Wildman–Crippen LogP) is 2.91. The zero-order chi connectivity index (χ0) is 20.0. The van der Waals surface area contributed by atoms with Crippen LogP contribution in [-0.2, 0) is 25.8 Å². The molecule has 31 heavy (non-hydrogen) atoms. The van der Waals surface area contributed by atoms with Crippen LogP contribution in [0.1, 0.15) is 79.1 Å². The van der Waals surface area contributed by atoms with Crippen LogP contribution in [-0.4, -0.2) is 16.1 Å². The fourth-order valence-electron chi connectivity index (χ4n) is 5.65. The Bertz CT molecular complexity index is 613. The molecule has 0 amide bonds. The maximum Gasteiger partial charge on any atom is 0.0862 e. The van der Waals surface area contributed by atoms with Gasteiger partial charge in [0.15, 0.2) is 0 Å². The van der Waals surface area contributed by atoms with Crippen LogP contribution in [0.5, 0.6) is 0 Å². The molecule has 0 atom stereocenters. The molecule has 0 bridgehead atoms. The van der Waals surface area contributed by atoms with E-state index < -0.39 is 16.1 Å². The summed E-state index contributed by atoms with van der Waals surface area (Å²) >= 11 is 0. The number of unbranched alkanes of at least 4 members (excludes halogenated alkanes) is 2. The molecule has 0 aromatic heterocycles. The number of halogens is 2. The Morgan fingerprint density at radius 1 is 0.677 bits per heavy atom. The number of allylic oxidation sites excluding steroid dienone is 8. The van der Waals surface area contributed by atoms with E-state index in [1.54, 1.807) is 47.4 Å². The van der Waals surface area contributed by atoms with Gasteiger partial charge in [-0.1, -0.05) is 134 Å². The summed E-state index contributed by atoms with van der Waals surface area (Å²) in [6.45, 7) is 9.21. The molecule has 5 heteroatoms. The van der Waals surface area contributed by atoms with Crippen molar-refractivity contribution in [1.29, 1.82) is 0 Å². The molecular formula is C26H44Cl2HfSi2-2. The van der Waals surface area contributed by atoms with E-state index in [1.807, 2.05) is 10.4 Å². The number of hydrogen-bond acceptors (Lipinski definition) is 0. The largest absolute Gasteiger partial charge is 1.00 e. The van der Waals surface area contributed by atoms with Crippen molar-refractivity contribution >= 4 is 16.1 Å². The van der Waals surface area contributed by atoms with Crippen molar-refractivity contribution in [3.8, 4) is 0 Å². The van der Waals surface area contributed by atoms with E-state index >= 15 is 0 Å². The van der Waals surface area contributed by atoms with E-state index in [1.165, 1.54) is 51.4 Å². The minimum atomic E-state index is -0.888. The molecule has 0 aromatic carbocycles. The summed E-state index contributed by atoms with van der Waals surface area (Å²) in [5.41, 5.74) is 3.19. The molecule has 0 unspecified atom stereocenters. The molecule has 4 rings (SSSR count). The maximum absolute atomic E-state index is 2.54. The van der Waals surface area contributed by atoms with E-state index in [4.69, 9.17) is 0 Å². The summed E-state index contributed by atoms with van der Waals surface area (Å²) in [5.74, 6) is 0. The van der Waals surface area contributed by atoms with Gasteiger partial charge in [-0.2, -0.15) is 0 Å². The van der Waals surface area contributed by atoms with Gasteiger partial charge in [-0.3, -0.25) is 0 Å². The van der Waals surface area contributed by atoms with E-state index in [-0.39, 0.29) is 50.7 Å². The Kier molecular flexibility index (Phi) is 15.4. The second-order valence-corrected chi connectivity index (χ2v) is 19.5. The summed E-state index contributed by atoms with van der Waals surface area (Å²) < 4.78 is 0. The third-order valence-corrected chi connectivity index (χ3v) is 19.0. The second-order valence-electron chi connectivity index (χ2n) is 10.2. The van der Waals surface area contributed by atoms with Gasteiger partial charge in [0.2, 0.25) is 0 Å². The third-order valence-electron chi connectivity index (χ3n) is 7.96. The minimum absolute atomic E-state index is 0. The molecule has 2 saturated heterocycles. The minimum Gasteiger partial charge on any atom is -1.00 e. The first-order valence-electron chi connectivity index (χ1n) is 12.3. The molecule has 2 aliphatic carbocycles. The zero-order valence-electron chi connectivity index (χ0n) is 20.5. The van der Waals surface area contributed by atoms with Crippen molar-refractivity contribution < 1.29 is 50.7 Å².